The lowest BCUT2D eigenvalue weighted by atomic mass is 9.97. The number of pyridine rings is 1. The first-order valence-corrected chi connectivity index (χ1v) is 18.4. The normalized spacial score (nSPS) is 12.1. The van der Waals surface area contributed by atoms with Gasteiger partial charge in [0, 0.05) is 56.2 Å². The molecule has 0 bridgehead atoms. The van der Waals surface area contributed by atoms with Crippen molar-refractivity contribution in [3.8, 4) is 44.9 Å². The average Bonchev–Trinajstić information content (AvgIpc) is 3.70. The van der Waals surface area contributed by atoms with Gasteiger partial charge in [0.25, 0.3) is 0 Å². The summed E-state index contributed by atoms with van der Waals surface area (Å²) in [4.78, 5) is 7.24. The Labute approximate surface area is 314 Å². The van der Waals surface area contributed by atoms with Gasteiger partial charge in [0.1, 0.15) is 0 Å². The van der Waals surface area contributed by atoms with E-state index in [0.29, 0.717) is 0 Å². The molecule has 1 aliphatic rings. The van der Waals surface area contributed by atoms with Gasteiger partial charge in [-0.15, -0.1) is 0 Å². The van der Waals surface area contributed by atoms with Crippen LogP contribution in [0, 0.1) is 0 Å². The first-order valence-electron chi connectivity index (χ1n) is 18.4. The third-order valence-electron chi connectivity index (χ3n) is 10.6. The van der Waals surface area contributed by atoms with Crippen LogP contribution in [0.3, 0.4) is 0 Å². The molecule has 0 fully saturated rings. The van der Waals surface area contributed by atoms with Crippen molar-refractivity contribution < 1.29 is 0 Å². The van der Waals surface area contributed by atoms with E-state index in [1.54, 1.807) is 0 Å². The molecule has 0 aliphatic carbocycles. The number of hydrogen-bond donors (Lipinski definition) is 0. The van der Waals surface area contributed by atoms with Crippen LogP contribution >= 0.6 is 0 Å². The Morgan fingerprint density at radius 2 is 1.20 bits per heavy atom. The van der Waals surface area contributed by atoms with Gasteiger partial charge in [-0.25, -0.2) is 0 Å². The van der Waals surface area contributed by atoms with E-state index in [-0.39, 0.29) is 0 Å². The molecule has 0 amide bonds. The minimum absolute atomic E-state index is 1.00. The summed E-state index contributed by atoms with van der Waals surface area (Å²) in [5, 5.41) is 2.36. The average molecular weight is 693 g/mol. The van der Waals surface area contributed by atoms with Crippen molar-refractivity contribution in [3.63, 3.8) is 0 Å². The molecule has 9 aromatic rings. The Bertz CT molecular complexity index is 2910. The fourth-order valence-corrected chi connectivity index (χ4v) is 8.38. The van der Waals surface area contributed by atoms with Crippen molar-refractivity contribution in [2.45, 2.75) is 6.92 Å². The van der Waals surface area contributed by atoms with E-state index in [2.05, 4.69) is 197 Å². The lowest BCUT2D eigenvalue weighted by Gasteiger charge is -2.27. The third kappa shape index (κ3) is 4.81. The molecule has 3 aromatic heterocycles. The molecule has 1 aliphatic heterocycles. The highest BCUT2D eigenvalue weighted by Crippen LogP contribution is 2.54. The third-order valence-corrected chi connectivity index (χ3v) is 10.6. The number of allylic oxidation sites excluding steroid dienone is 1. The van der Waals surface area contributed by atoms with Crippen molar-refractivity contribution in [1.29, 1.82) is 0 Å². The second kappa shape index (κ2) is 12.8. The summed E-state index contributed by atoms with van der Waals surface area (Å²) in [5.74, 6) is 0. The zero-order chi connectivity index (χ0) is 36.2. The first kappa shape index (κ1) is 31.6. The minimum atomic E-state index is 1.00. The fourth-order valence-electron chi connectivity index (χ4n) is 8.38. The smallest absolute Gasteiger partial charge is 0.0651 e. The predicted molar refractivity (Wildman–Crippen MR) is 227 cm³/mol. The fraction of sp³-hybridized carbons (Fsp3) is 0.0200. The molecule has 0 spiro atoms. The molecule has 0 saturated carbocycles. The van der Waals surface area contributed by atoms with Gasteiger partial charge in [-0.3, -0.25) is 4.98 Å². The van der Waals surface area contributed by atoms with E-state index in [1.165, 1.54) is 33.2 Å². The van der Waals surface area contributed by atoms with Crippen molar-refractivity contribution in [1.82, 2.24) is 14.1 Å². The number of hydrogen-bond acceptors (Lipinski definition) is 2. The van der Waals surface area contributed by atoms with E-state index >= 15 is 0 Å². The molecule has 54 heavy (non-hydrogen) atoms. The number of benzene rings is 6. The quantitative estimate of drug-likeness (QED) is 0.173. The zero-order valence-corrected chi connectivity index (χ0v) is 29.9. The molecule has 0 radical (unpaired) electrons. The summed E-state index contributed by atoms with van der Waals surface area (Å²) in [6, 6.07) is 56.7. The summed E-state index contributed by atoms with van der Waals surface area (Å²) in [5.41, 5.74) is 16.9. The van der Waals surface area contributed by atoms with Crippen LogP contribution in [0.2, 0.25) is 0 Å². The number of rotatable bonds is 6. The van der Waals surface area contributed by atoms with Gasteiger partial charge in [0.2, 0.25) is 0 Å². The largest absolute Gasteiger partial charge is 0.309 e. The maximum atomic E-state index is 4.83. The monoisotopic (exact) mass is 692 g/mol. The highest BCUT2D eigenvalue weighted by molar-refractivity contribution is 6.13. The maximum Gasteiger partial charge on any atom is 0.0651 e. The highest BCUT2D eigenvalue weighted by Gasteiger charge is 2.31. The number of aromatic nitrogens is 3. The van der Waals surface area contributed by atoms with Crippen LogP contribution < -0.4 is 4.90 Å². The number of anilines is 3. The van der Waals surface area contributed by atoms with Gasteiger partial charge in [-0.05, 0) is 73.2 Å². The molecule has 256 valence electrons. The van der Waals surface area contributed by atoms with E-state index in [0.717, 1.165) is 61.9 Å². The molecular weight excluding hydrogens is 657 g/mol. The summed E-state index contributed by atoms with van der Waals surface area (Å²) < 4.78 is 4.75. The molecule has 4 nitrogen and oxygen atoms in total. The second-order valence-electron chi connectivity index (χ2n) is 13.6. The van der Waals surface area contributed by atoms with Gasteiger partial charge in [-0.2, -0.15) is 0 Å². The van der Waals surface area contributed by atoms with Gasteiger partial charge < -0.3 is 14.0 Å². The Hall–Kier alpha value is -7.17. The standard InChI is InChI=1S/C50H36N4/c1-3-17-44-39(4-2)40-22-11-14-25-45(40)53(44)38-30-35(32-51-33-38)34-28-29-42-48(31-34)54(37-20-9-6-10-21-37)50-43-24-13-16-27-47(43)52(36-18-7-5-8-19-36)46-26-15-12-23-41(46)49(42)50/h3-33H,2H2,1H3/b17-3-. The van der Waals surface area contributed by atoms with Gasteiger partial charge in [0.15, 0.2) is 0 Å². The van der Waals surface area contributed by atoms with Gasteiger partial charge >= 0.3 is 0 Å². The second-order valence-corrected chi connectivity index (χ2v) is 13.6. The lowest BCUT2D eigenvalue weighted by Crippen LogP contribution is -2.11. The van der Waals surface area contributed by atoms with Crippen LogP contribution in [-0.2, 0) is 0 Å². The molecule has 0 atom stereocenters. The zero-order valence-electron chi connectivity index (χ0n) is 29.9. The van der Waals surface area contributed by atoms with E-state index in [4.69, 9.17) is 4.98 Å². The number of fused-ring (bicyclic) bond motifs is 8. The molecule has 4 heteroatoms. The van der Waals surface area contributed by atoms with Crippen LogP contribution in [0.5, 0.6) is 0 Å². The van der Waals surface area contributed by atoms with Crippen LogP contribution in [0.1, 0.15) is 18.2 Å². The van der Waals surface area contributed by atoms with E-state index in [9.17, 15) is 0 Å². The topological polar surface area (TPSA) is 26.0 Å². The summed E-state index contributed by atoms with van der Waals surface area (Å²) >= 11 is 0. The van der Waals surface area contributed by atoms with Crippen molar-refractivity contribution in [3.05, 3.63) is 194 Å². The van der Waals surface area contributed by atoms with Crippen molar-refractivity contribution >= 4 is 51.0 Å². The molecule has 0 saturated heterocycles. The molecule has 6 aromatic carbocycles. The SMILES string of the molecule is C=Cc1c(/C=C\C)n(-c2cncc(-c3ccc4c5c(n(-c6ccccc6)c4c3)-c3ccccc3N(c3ccccc3)c3ccccc3-5)c2)c2ccccc12. The van der Waals surface area contributed by atoms with Crippen molar-refractivity contribution in [2.24, 2.45) is 0 Å². The van der Waals surface area contributed by atoms with E-state index < -0.39 is 0 Å². The summed E-state index contributed by atoms with van der Waals surface area (Å²) in [6.07, 6.45) is 10.1. The van der Waals surface area contributed by atoms with E-state index in [1.807, 2.05) is 18.5 Å². The van der Waals surface area contributed by atoms with Gasteiger partial charge in [-0.1, -0.05) is 122 Å². The molecule has 0 unspecified atom stereocenters. The Balaban J connectivity index is 1.24. The maximum absolute atomic E-state index is 4.83. The van der Waals surface area contributed by atoms with Crippen molar-refractivity contribution in [2.75, 3.05) is 4.90 Å². The molecule has 10 rings (SSSR count). The highest BCUT2D eigenvalue weighted by atomic mass is 15.2. The summed E-state index contributed by atoms with van der Waals surface area (Å²) in [6.45, 7) is 6.23. The van der Waals surface area contributed by atoms with Crippen LogP contribution in [0.15, 0.2) is 183 Å². The molecule has 4 heterocycles. The Morgan fingerprint density at radius 1 is 0.537 bits per heavy atom. The lowest BCUT2D eigenvalue weighted by molar-refractivity contribution is 1.08. The number of para-hydroxylation sites is 5. The molecule has 0 N–H and O–H groups in total. The first-order chi connectivity index (χ1) is 26.7. The van der Waals surface area contributed by atoms with Gasteiger partial charge in [0.05, 0.1) is 45.7 Å². The number of nitrogens with zero attached hydrogens (tertiary/aromatic N) is 4. The molecular formula is C50H36N4. The van der Waals surface area contributed by atoms with Crippen LogP contribution in [0.4, 0.5) is 17.1 Å². The predicted octanol–water partition coefficient (Wildman–Crippen LogP) is 13.4. The Morgan fingerprint density at radius 3 is 1.96 bits per heavy atom. The van der Waals surface area contributed by atoms with Crippen LogP contribution in [0.25, 0.3) is 78.8 Å². The minimum Gasteiger partial charge on any atom is -0.309 e. The van der Waals surface area contributed by atoms with Crippen LogP contribution in [-0.4, -0.2) is 14.1 Å². The Kier molecular flexibility index (Phi) is 7.48. The summed E-state index contributed by atoms with van der Waals surface area (Å²) in [7, 11) is 0.